The van der Waals surface area contributed by atoms with Gasteiger partial charge >= 0.3 is 5.97 Å². The number of aliphatic imine (C=N–C) groups is 1. The van der Waals surface area contributed by atoms with Crippen molar-refractivity contribution in [1.82, 2.24) is 56.6 Å². The van der Waals surface area contributed by atoms with Gasteiger partial charge in [-0.15, -0.1) is 0 Å². The smallest absolute Gasteiger partial charge is 0.326 e. The summed E-state index contributed by atoms with van der Waals surface area (Å²) in [6, 6.07) is -10.2. The Morgan fingerprint density at radius 1 is 0.656 bits per heavy atom. The Kier molecular flexibility index (Phi) is 26.3. The zero-order valence-electron chi connectivity index (χ0n) is 58.6. The number of carbonyl (C=O) groups excluding carboxylic acids is 9. The summed E-state index contributed by atoms with van der Waals surface area (Å²) in [7, 11) is -4.22. The fourth-order valence-electron chi connectivity index (χ4n) is 12.3. The van der Waals surface area contributed by atoms with Crippen LogP contribution in [0.15, 0.2) is 9.89 Å². The molecule has 30 nitrogen and oxygen atoms in total. The molecule has 1 aromatic rings. The number of ether oxygens (including phenoxy) is 4. The van der Waals surface area contributed by atoms with Crippen LogP contribution in [0.25, 0.3) is 0 Å². The Morgan fingerprint density at radius 2 is 1.15 bits per heavy atom. The molecule has 5 aliphatic rings. The SMILES string of the molecule is Cc1c(C)c(S(=O)(=O)NC(N)=NCCC[C@H](NC(=O)[C@H](COC(C)(C)C)NC(=O)[C@@H]2CCCN2C(=O)[C@@H]2CCCN2C(=O)[C@@H]2CCCN2C(=O)[C@H](C)NC(=O)CNC(=O)[C@H](COC(C)(C)C)NC(=O)[C@H](COC(C)(C)C)NC(=O)[C@@H]2CCCN2)C(=O)O)c(C)c2c1OC(C)(C)C2. The molecule has 1 aromatic carbocycles. The van der Waals surface area contributed by atoms with Gasteiger partial charge in [0, 0.05) is 38.2 Å². The number of carboxylic acid groups (broad SMARTS) is 1. The quantitative estimate of drug-likeness (QED) is 0.0310. The first-order chi connectivity index (χ1) is 44.6. The van der Waals surface area contributed by atoms with Crippen molar-refractivity contribution in [3.8, 4) is 5.75 Å². The maximum absolute atomic E-state index is 14.6. The van der Waals surface area contributed by atoms with E-state index >= 15 is 0 Å². The van der Waals surface area contributed by atoms with Gasteiger partial charge in [-0.05, 0) is 191 Å². The highest BCUT2D eigenvalue weighted by atomic mass is 32.2. The molecule has 0 unspecified atom stereocenters. The number of rotatable bonds is 28. The minimum Gasteiger partial charge on any atom is -0.487 e. The minimum atomic E-state index is -4.22. The maximum atomic E-state index is 14.6. The molecule has 0 radical (unpaired) electrons. The topological polar surface area (TPSA) is 406 Å². The summed E-state index contributed by atoms with van der Waals surface area (Å²) in [5.41, 5.74) is 5.83. The first-order valence-electron chi connectivity index (χ1n) is 33.3. The van der Waals surface area contributed by atoms with E-state index in [1.54, 1.807) is 83.1 Å². The number of sulfonamides is 1. The van der Waals surface area contributed by atoms with Gasteiger partial charge in [0.15, 0.2) is 0 Å². The number of benzene rings is 1. The van der Waals surface area contributed by atoms with Crippen LogP contribution < -0.4 is 52.4 Å². The summed E-state index contributed by atoms with van der Waals surface area (Å²) >= 11 is 0. The van der Waals surface area contributed by atoms with Crippen LogP contribution in [0.2, 0.25) is 0 Å². The highest BCUT2D eigenvalue weighted by Crippen LogP contribution is 2.44. The lowest BCUT2D eigenvalue weighted by molar-refractivity contribution is -0.151. The lowest BCUT2D eigenvalue weighted by atomic mass is 9.94. The third kappa shape index (κ3) is 21.4. The Morgan fingerprint density at radius 3 is 1.67 bits per heavy atom. The molecule has 5 aliphatic heterocycles. The lowest BCUT2D eigenvalue weighted by Gasteiger charge is -2.35. The molecule has 0 aliphatic carbocycles. The van der Waals surface area contributed by atoms with Crippen molar-refractivity contribution >= 4 is 75.1 Å². The van der Waals surface area contributed by atoms with E-state index in [0.717, 1.165) is 12.0 Å². The van der Waals surface area contributed by atoms with E-state index in [0.29, 0.717) is 61.1 Å². The van der Waals surface area contributed by atoms with Crippen LogP contribution in [0.5, 0.6) is 5.75 Å². The molecule has 96 heavy (non-hydrogen) atoms. The molecule has 4 saturated heterocycles. The van der Waals surface area contributed by atoms with E-state index in [9.17, 15) is 61.5 Å². The number of amides is 9. The molecule has 31 heteroatoms. The molecule has 6 rings (SSSR count). The van der Waals surface area contributed by atoms with E-state index in [1.165, 1.54) is 21.6 Å². The van der Waals surface area contributed by atoms with Crippen molar-refractivity contribution in [3.63, 3.8) is 0 Å². The van der Waals surface area contributed by atoms with Crippen LogP contribution in [0.3, 0.4) is 0 Å². The average Bonchev–Trinajstić information content (AvgIpc) is 1.60. The molecular weight excluding hydrogens is 1270 g/mol. The fraction of sp³-hybridized carbons (Fsp3) is 0.738. The van der Waals surface area contributed by atoms with Gasteiger partial charge in [-0.1, -0.05) is 0 Å². The molecule has 9 atom stereocenters. The van der Waals surface area contributed by atoms with Gasteiger partial charge in [0.2, 0.25) is 59.1 Å². The lowest BCUT2D eigenvalue weighted by Crippen LogP contribution is -2.59. The fourth-order valence-corrected chi connectivity index (χ4v) is 13.8. The molecule has 0 saturated carbocycles. The molecule has 538 valence electrons. The van der Waals surface area contributed by atoms with Crippen molar-refractivity contribution in [2.75, 3.05) is 59.1 Å². The van der Waals surface area contributed by atoms with Crippen LogP contribution in [0.1, 0.15) is 170 Å². The van der Waals surface area contributed by atoms with Crippen molar-refractivity contribution in [2.24, 2.45) is 10.7 Å². The zero-order valence-corrected chi connectivity index (χ0v) is 59.4. The molecule has 0 spiro atoms. The number of hydrogen-bond donors (Lipinski definition) is 10. The van der Waals surface area contributed by atoms with Gasteiger partial charge in [-0.2, -0.15) is 0 Å². The van der Waals surface area contributed by atoms with E-state index in [2.05, 4.69) is 46.9 Å². The summed E-state index contributed by atoms with van der Waals surface area (Å²) in [5.74, 6) is -6.98. The van der Waals surface area contributed by atoms with Crippen LogP contribution in [-0.2, 0) is 78.6 Å². The predicted molar refractivity (Wildman–Crippen MR) is 353 cm³/mol. The van der Waals surface area contributed by atoms with Crippen LogP contribution in [0, 0.1) is 20.8 Å². The van der Waals surface area contributed by atoms with Crippen LogP contribution in [-0.4, -0.2) is 229 Å². The summed E-state index contributed by atoms with van der Waals surface area (Å²) in [4.78, 5) is 147. The maximum Gasteiger partial charge on any atom is 0.326 e. The van der Waals surface area contributed by atoms with Gasteiger partial charge in [-0.25, -0.2) is 17.9 Å². The number of guanidine groups is 1. The summed E-state index contributed by atoms with van der Waals surface area (Å²) in [5, 5.41) is 29.0. The molecule has 4 fully saturated rings. The Bertz CT molecular complexity index is 3210. The van der Waals surface area contributed by atoms with Crippen molar-refractivity contribution in [3.05, 3.63) is 22.3 Å². The number of hydrogen-bond acceptors (Lipinski definition) is 18. The van der Waals surface area contributed by atoms with Gasteiger partial charge in [0.25, 0.3) is 10.0 Å². The average molecular weight is 1370 g/mol. The van der Waals surface area contributed by atoms with Crippen molar-refractivity contribution in [2.45, 2.75) is 256 Å². The Hall–Kier alpha value is -7.22. The number of aliphatic carboxylic acids is 1. The highest BCUT2D eigenvalue weighted by Gasteiger charge is 2.47. The molecule has 9 amide bonds. The van der Waals surface area contributed by atoms with E-state index < -0.39 is 158 Å². The number of nitrogens with zero attached hydrogens (tertiary/aromatic N) is 4. The molecule has 5 heterocycles. The standard InChI is InChI=1S/C65H105N13O17S/c1-36-37(2)51(38(3)40-31-65(14,15)95-50(36)40)96(90,91)75-61(66)68-27-17-22-42(60(88)89)71-54(82)45(35-94-64(11,12)13)74-56(84)46-23-18-28-76(46)58(86)48-25-20-30-78(48)59(87)47-24-19-29-77(47)57(85)39(4)70-49(79)32-69-52(80)43(33-92-62(5,6)7)72-55(83)44(34-93-63(8,9)10)73-53(81)41-21-16-26-67-41/h39,41-48,67H,16-35H2,1-15H3,(H,69,80)(H,70,79)(H,71,82)(H,72,83)(H,73,81)(H,74,84)(H,88,89)(H3,66,68,75)/t39-,41-,42-,43-,44-,45-,46-,47-,48-/m0/s1. The summed E-state index contributed by atoms with van der Waals surface area (Å²) in [6.07, 6.45) is 3.77. The van der Waals surface area contributed by atoms with Crippen LogP contribution >= 0.6 is 0 Å². The Labute approximate surface area is 563 Å². The van der Waals surface area contributed by atoms with Gasteiger partial charge in [-0.3, -0.25) is 48.1 Å². The first kappa shape index (κ1) is 77.8. The monoisotopic (exact) mass is 1370 g/mol. The van der Waals surface area contributed by atoms with E-state index in [-0.39, 0.29) is 83.0 Å². The second-order valence-corrected chi connectivity index (χ2v) is 30.8. The molecule has 0 aromatic heterocycles. The van der Waals surface area contributed by atoms with Crippen molar-refractivity contribution < 1.29 is 80.4 Å². The van der Waals surface area contributed by atoms with Gasteiger partial charge in [0.1, 0.15) is 59.7 Å². The number of nitrogens with one attached hydrogen (secondary N) is 8. The Balaban J connectivity index is 1.03. The largest absolute Gasteiger partial charge is 0.487 e. The number of nitrogens with two attached hydrogens (primary N) is 1. The molecule has 11 N–H and O–H groups in total. The number of carboxylic acids is 1. The van der Waals surface area contributed by atoms with Crippen LogP contribution in [0.4, 0.5) is 0 Å². The second-order valence-electron chi connectivity index (χ2n) is 29.1. The number of carbonyl (C=O) groups is 10. The normalized spacial score (nSPS) is 21.2. The van der Waals surface area contributed by atoms with Gasteiger partial charge in [0.05, 0.1) is 54.1 Å². The number of fused-ring (bicyclic) bond motifs is 1. The van der Waals surface area contributed by atoms with E-state index in [4.69, 9.17) is 24.7 Å². The molecular formula is C65H105N13O17S. The predicted octanol–water partition coefficient (Wildman–Crippen LogP) is 0.514. The summed E-state index contributed by atoms with van der Waals surface area (Å²) in [6.45, 7) is 25.8. The second kappa shape index (κ2) is 32.4. The third-order valence-electron chi connectivity index (χ3n) is 17.3. The minimum absolute atomic E-state index is 0.0359. The first-order valence-corrected chi connectivity index (χ1v) is 34.8. The zero-order chi connectivity index (χ0) is 71.6. The van der Waals surface area contributed by atoms with E-state index in [1.807, 2.05) is 13.8 Å². The highest BCUT2D eigenvalue weighted by molar-refractivity contribution is 7.90. The third-order valence-corrected chi connectivity index (χ3v) is 19.0. The van der Waals surface area contributed by atoms with Gasteiger partial charge < -0.3 is 81.7 Å². The number of likely N-dealkylation sites (tertiary alicyclic amines) is 3. The van der Waals surface area contributed by atoms with Crippen molar-refractivity contribution in [1.29, 1.82) is 0 Å². The summed E-state index contributed by atoms with van der Waals surface area (Å²) < 4.78 is 53.6. The molecule has 0 bridgehead atoms.